The molecule has 2 aliphatic heterocycles. The van der Waals surface area contributed by atoms with Crippen molar-refractivity contribution in [3.63, 3.8) is 0 Å². The molecule has 8 aliphatic rings. The lowest BCUT2D eigenvalue weighted by Crippen LogP contribution is -2.61. The maximum absolute atomic E-state index is 16.5. The van der Waals surface area contributed by atoms with Crippen molar-refractivity contribution in [1.29, 1.82) is 0 Å². The molecule has 3 heterocycles. The van der Waals surface area contributed by atoms with Gasteiger partial charge in [0.15, 0.2) is 5.69 Å². The summed E-state index contributed by atoms with van der Waals surface area (Å²) >= 11 is 0. The number of amides is 4. The average Bonchev–Trinajstić information content (AvgIpc) is 4.12. The molecular formula is C42H52F4N6O9S. The average molecular weight is 893 g/mol. The Morgan fingerprint density at radius 3 is 2.35 bits per heavy atom. The van der Waals surface area contributed by atoms with Crippen molar-refractivity contribution in [3.05, 3.63) is 23.9 Å². The number of methoxy groups -OCH3 is 1. The van der Waals surface area contributed by atoms with E-state index in [-0.39, 0.29) is 42.1 Å². The Morgan fingerprint density at radius 2 is 1.73 bits per heavy atom. The van der Waals surface area contributed by atoms with E-state index >= 15 is 8.78 Å². The highest BCUT2D eigenvalue weighted by Gasteiger charge is 2.85. The van der Waals surface area contributed by atoms with E-state index < -0.39 is 129 Å². The lowest BCUT2D eigenvalue weighted by molar-refractivity contribution is -0.143. The number of benzene rings is 1. The van der Waals surface area contributed by atoms with Gasteiger partial charge in [0.2, 0.25) is 34.1 Å². The number of fused-ring (bicyclic) bond motifs is 4. The number of carbonyl (C=O) groups is 4. The Hall–Kier alpha value is -4.49. The summed E-state index contributed by atoms with van der Waals surface area (Å²) in [4.78, 5) is 66.9. The van der Waals surface area contributed by atoms with Crippen LogP contribution in [0.2, 0.25) is 0 Å². The van der Waals surface area contributed by atoms with E-state index in [1.165, 1.54) is 33.1 Å². The summed E-state index contributed by atoms with van der Waals surface area (Å²) in [5.74, 6) is -8.45. The van der Waals surface area contributed by atoms with E-state index in [9.17, 15) is 36.4 Å². The van der Waals surface area contributed by atoms with Gasteiger partial charge in [0.05, 0.1) is 35.4 Å². The van der Waals surface area contributed by atoms with Gasteiger partial charge in [0.1, 0.15) is 35.6 Å². The molecule has 62 heavy (non-hydrogen) atoms. The molecule has 1 saturated heterocycles. The zero-order chi connectivity index (χ0) is 44.6. The minimum Gasteiger partial charge on any atom is -0.497 e. The van der Waals surface area contributed by atoms with Crippen molar-refractivity contribution < 1.29 is 59.4 Å². The Kier molecular flexibility index (Phi) is 9.84. The molecule has 338 valence electrons. The third-order valence-electron chi connectivity index (χ3n) is 14.8. The molecule has 6 aliphatic carbocycles. The van der Waals surface area contributed by atoms with Gasteiger partial charge in [-0.2, -0.15) is 8.78 Å². The molecule has 1 aromatic heterocycles. The highest BCUT2D eigenvalue weighted by Crippen LogP contribution is 2.84. The molecule has 10 atom stereocenters. The lowest BCUT2D eigenvalue weighted by atomic mass is 9.85. The maximum atomic E-state index is 16.5. The lowest BCUT2D eigenvalue weighted by Gasteiger charge is -2.36. The maximum Gasteiger partial charge on any atom is 0.408 e. The van der Waals surface area contributed by atoms with Crippen LogP contribution in [-0.2, 0) is 35.1 Å². The predicted octanol–water partition coefficient (Wildman–Crippen LogP) is 4.67. The fourth-order valence-electron chi connectivity index (χ4n) is 10.6. The van der Waals surface area contributed by atoms with E-state index in [0.717, 1.165) is 4.90 Å². The zero-order valence-corrected chi connectivity index (χ0v) is 36.1. The number of ether oxygens (including phenoxy) is 3. The van der Waals surface area contributed by atoms with Crippen molar-refractivity contribution in [2.24, 2.45) is 46.8 Å². The van der Waals surface area contributed by atoms with Gasteiger partial charge < -0.3 is 29.7 Å². The van der Waals surface area contributed by atoms with Gasteiger partial charge in [0.25, 0.3) is 11.8 Å². The van der Waals surface area contributed by atoms with Crippen LogP contribution in [0.1, 0.15) is 85.3 Å². The van der Waals surface area contributed by atoms with Crippen LogP contribution in [0.25, 0.3) is 11.0 Å². The number of hydrogen-bond donors (Lipinski definition) is 3. The van der Waals surface area contributed by atoms with Crippen molar-refractivity contribution in [2.45, 2.75) is 126 Å². The molecule has 7 fully saturated rings. The number of sulfonamides is 1. The number of nitrogens with zero attached hydrogens (tertiary/aromatic N) is 3. The van der Waals surface area contributed by atoms with E-state index in [0.29, 0.717) is 36.3 Å². The van der Waals surface area contributed by atoms with Crippen molar-refractivity contribution in [3.8, 4) is 11.6 Å². The van der Waals surface area contributed by atoms with Crippen LogP contribution < -0.4 is 24.8 Å². The molecule has 0 radical (unpaired) electrons. The minimum absolute atomic E-state index is 0.0224. The highest BCUT2D eigenvalue weighted by atomic mass is 32.2. The first-order valence-corrected chi connectivity index (χ1v) is 22.9. The molecule has 3 N–H and O–H groups in total. The van der Waals surface area contributed by atoms with Crippen LogP contribution >= 0.6 is 0 Å². The van der Waals surface area contributed by atoms with Crippen LogP contribution in [0.5, 0.6) is 11.6 Å². The molecule has 20 heteroatoms. The fraction of sp³-hybridized carbons (Fsp3) is 0.714. The number of carbonyl (C=O) groups excluding carboxylic acids is 4. The third kappa shape index (κ3) is 7.00. The molecule has 10 rings (SSSR count). The van der Waals surface area contributed by atoms with Crippen LogP contribution in [0.15, 0.2) is 18.2 Å². The van der Waals surface area contributed by atoms with Gasteiger partial charge >= 0.3 is 6.09 Å². The number of alkyl carbamates (subject to hydrolysis) is 1. The summed E-state index contributed by atoms with van der Waals surface area (Å²) < 4.78 is 106. The van der Waals surface area contributed by atoms with E-state index in [1.807, 2.05) is 4.72 Å². The SMILES string of the molecule is COc1ccc2nc3c(nc2c1)OC1CN(C(=O)C(C(C)(C)C)NC(=O)OC2C(CCCCC3(F)F)C3C4C2C34)C(C(=O)NC2(C(=O)NS(=O)(=O)C3(C)CC3)CC2C(F)F)C1C. The number of rotatable bonds is 7. The van der Waals surface area contributed by atoms with Crippen LogP contribution in [0.3, 0.4) is 0 Å². The van der Waals surface area contributed by atoms with Crippen molar-refractivity contribution >= 4 is 44.9 Å². The highest BCUT2D eigenvalue weighted by molar-refractivity contribution is 7.91. The number of hydrogen-bond acceptors (Lipinski definition) is 11. The molecule has 10 unspecified atom stereocenters. The van der Waals surface area contributed by atoms with Gasteiger partial charge in [-0.1, -0.05) is 34.1 Å². The summed E-state index contributed by atoms with van der Waals surface area (Å²) in [6, 6.07) is 1.60. The largest absolute Gasteiger partial charge is 0.497 e. The van der Waals surface area contributed by atoms with Crippen molar-refractivity contribution in [1.82, 2.24) is 30.2 Å². The number of alkyl halides is 4. The van der Waals surface area contributed by atoms with Gasteiger partial charge in [-0.15, -0.1) is 0 Å². The quantitative estimate of drug-likeness (QED) is 0.327. The molecule has 4 bridgehead atoms. The standard InChI is InChI=1S/C42H52F4N6O9S/c1-18-24-17-52(29(18)34(53)50-41(16-21(41)33(43)44)37(55)51-62(57,58)40(5)13-14-40)36(54)32(39(2,3)4)49-38(56)61-30-20(25-26-27(25)28(26)30)9-7-8-12-42(45,46)31-35(60-24)48-23-15-19(59-6)10-11-22(23)47-31/h10-11,15,18,20-21,24-30,32-33H,7-9,12-14,16-17H2,1-6H3,(H,49,56)(H,50,53)(H,51,55). The van der Waals surface area contributed by atoms with E-state index in [1.54, 1.807) is 26.8 Å². The smallest absolute Gasteiger partial charge is 0.408 e. The predicted molar refractivity (Wildman–Crippen MR) is 211 cm³/mol. The molecule has 4 amide bonds. The summed E-state index contributed by atoms with van der Waals surface area (Å²) in [5, 5.41) is 5.14. The van der Waals surface area contributed by atoms with E-state index in [4.69, 9.17) is 14.2 Å². The second-order valence-corrected chi connectivity index (χ2v) is 22.1. The molecule has 1 aromatic carbocycles. The molecular weight excluding hydrogens is 841 g/mol. The van der Waals surface area contributed by atoms with Gasteiger partial charge in [-0.25, -0.2) is 32.0 Å². The van der Waals surface area contributed by atoms with Crippen LogP contribution in [0, 0.1) is 46.8 Å². The summed E-state index contributed by atoms with van der Waals surface area (Å²) in [6.45, 7) is 7.53. The van der Waals surface area contributed by atoms with Gasteiger partial charge in [0, 0.05) is 24.3 Å². The second kappa shape index (κ2) is 14.3. The minimum atomic E-state index is -4.31. The topological polar surface area (TPSA) is 195 Å². The first-order chi connectivity index (χ1) is 29.0. The summed E-state index contributed by atoms with van der Waals surface area (Å²) in [5.41, 5.74) is -3.81. The Balaban J connectivity index is 1.09. The fourth-order valence-corrected chi connectivity index (χ4v) is 11.9. The Labute approximate surface area is 356 Å². The Morgan fingerprint density at radius 1 is 1.02 bits per heavy atom. The number of nitrogens with one attached hydrogen (secondary N) is 3. The molecule has 6 saturated carbocycles. The number of halogens is 4. The molecule has 2 aromatic rings. The normalized spacial score (nSPS) is 36.7. The van der Waals surface area contributed by atoms with Crippen molar-refractivity contribution in [2.75, 3.05) is 13.7 Å². The first kappa shape index (κ1) is 42.8. The number of aromatic nitrogens is 2. The van der Waals surface area contributed by atoms with Gasteiger partial charge in [-0.3, -0.25) is 19.1 Å². The monoisotopic (exact) mass is 892 g/mol. The molecule has 0 spiro atoms. The van der Waals surface area contributed by atoms with Crippen LogP contribution in [0.4, 0.5) is 22.4 Å². The van der Waals surface area contributed by atoms with Gasteiger partial charge in [-0.05, 0) is 80.2 Å². The first-order valence-electron chi connectivity index (χ1n) is 21.4. The Bertz CT molecular complexity index is 2330. The molecule has 15 nitrogen and oxygen atoms in total. The second-order valence-electron chi connectivity index (χ2n) is 19.9. The zero-order valence-electron chi connectivity index (χ0n) is 35.3. The third-order valence-corrected chi connectivity index (χ3v) is 17.0. The summed E-state index contributed by atoms with van der Waals surface area (Å²) in [6.07, 6.45) is -5.28. The van der Waals surface area contributed by atoms with Crippen LogP contribution in [-0.4, -0.2) is 102 Å². The van der Waals surface area contributed by atoms with E-state index in [2.05, 4.69) is 20.6 Å². The summed E-state index contributed by atoms with van der Waals surface area (Å²) in [7, 11) is -2.89.